The second-order valence-electron chi connectivity index (χ2n) is 8.92. The maximum absolute atomic E-state index is 13.0. The molecule has 0 radical (unpaired) electrons. The molecule has 4 rings (SSSR count). The predicted molar refractivity (Wildman–Crippen MR) is 133 cm³/mol. The van der Waals surface area contributed by atoms with E-state index in [4.69, 9.17) is 4.74 Å². The van der Waals surface area contributed by atoms with Gasteiger partial charge in [0.15, 0.2) is 0 Å². The first kappa shape index (κ1) is 23.0. The van der Waals surface area contributed by atoms with Crippen LogP contribution in [0.4, 0.5) is 4.79 Å². The molecule has 2 aromatic carbocycles. The minimum atomic E-state index is -0.892. The molecule has 8 heteroatoms. The fraction of sp³-hybridized carbons (Fsp3) is 0.231. The van der Waals surface area contributed by atoms with Crippen LogP contribution in [-0.2, 0) is 16.0 Å². The Balaban J connectivity index is 1.52. The highest BCUT2D eigenvalue weighted by Gasteiger charge is 2.25. The van der Waals surface area contributed by atoms with Gasteiger partial charge in [0, 0.05) is 40.7 Å². The summed E-state index contributed by atoms with van der Waals surface area (Å²) in [5.74, 6) is -0.458. The average Bonchev–Trinajstić information content (AvgIpc) is 3.20. The van der Waals surface area contributed by atoms with Gasteiger partial charge in [0.2, 0.25) is 0 Å². The normalized spacial score (nSPS) is 12.7. The minimum Gasteiger partial charge on any atom is -0.444 e. The van der Waals surface area contributed by atoms with Gasteiger partial charge in [0.25, 0.3) is 5.91 Å². The molecule has 0 bridgehead atoms. The van der Waals surface area contributed by atoms with Gasteiger partial charge in [-0.3, -0.25) is 9.78 Å². The molecule has 0 saturated carbocycles. The van der Waals surface area contributed by atoms with Crippen LogP contribution in [0.25, 0.3) is 21.8 Å². The summed E-state index contributed by atoms with van der Waals surface area (Å²) in [5.41, 5.74) is 5.26. The number of aromatic nitrogens is 2. The van der Waals surface area contributed by atoms with Crippen LogP contribution in [-0.4, -0.2) is 39.8 Å². The van der Waals surface area contributed by atoms with E-state index in [0.29, 0.717) is 0 Å². The number of nitrogens with zero attached hydrogens (tertiary/aromatic N) is 2. The number of para-hydroxylation sites is 2. The number of rotatable bonds is 6. The Morgan fingerprint density at radius 1 is 1.12 bits per heavy atom. The quantitative estimate of drug-likeness (QED) is 0.296. The van der Waals surface area contributed by atoms with E-state index in [1.807, 2.05) is 60.8 Å². The number of fused-ring (bicyclic) bond motifs is 2. The molecule has 0 fully saturated rings. The average molecular weight is 458 g/mol. The van der Waals surface area contributed by atoms with E-state index in [2.05, 4.69) is 25.8 Å². The van der Waals surface area contributed by atoms with Crippen LogP contribution in [0.3, 0.4) is 0 Å². The van der Waals surface area contributed by atoms with Crippen molar-refractivity contribution < 1.29 is 14.3 Å². The van der Waals surface area contributed by atoms with Crippen LogP contribution < -0.4 is 10.7 Å². The fourth-order valence-electron chi connectivity index (χ4n) is 3.65. The van der Waals surface area contributed by atoms with Crippen molar-refractivity contribution in [1.29, 1.82) is 0 Å². The van der Waals surface area contributed by atoms with E-state index in [9.17, 15) is 9.59 Å². The SMILES string of the molecule is CC(C)(C)OC(=O)NC(Cc1c[nH]c2ccccc12)C(=O)N/N=C/c1cccc2cccnc12. The van der Waals surface area contributed by atoms with Crippen molar-refractivity contribution in [3.63, 3.8) is 0 Å². The number of aromatic amines is 1. The maximum atomic E-state index is 13.0. The molecule has 0 spiro atoms. The maximum Gasteiger partial charge on any atom is 0.408 e. The van der Waals surface area contributed by atoms with Gasteiger partial charge in [-0.05, 0) is 38.5 Å². The highest BCUT2D eigenvalue weighted by Crippen LogP contribution is 2.19. The van der Waals surface area contributed by atoms with Gasteiger partial charge in [-0.1, -0.05) is 42.5 Å². The molecule has 8 nitrogen and oxygen atoms in total. The van der Waals surface area contributed by atoms with Crippen molar-refractivity contribution in [2.75, 3.05) is 0 Å². The van der Waals surface area contributed by atoms with Gasteiger partial charge in [-0.15, -0.1) is 0 Å². The first-order valence-corrected chi connectivity index (χ1v) is 11.0. The number of pyridine rings is 1. The second-order valence-corrected chi connectivity index (χ2v) is 8.92. The van der Waals surface area contributed by atoms with Crippen LogP contribution in [0.2, 0.25) is 0 Å². The monoisotopic (exact) mass is 457 g/mol. The van der Waals surface area contributed by atoms with E-state index in [-0.39, 0.29) is 6.42 Å². The molecule has 3 N–H and O–H groups in total. The summed E-state index contributed by atoms with van der Waals surface area (Å²) in [5, 5.41) is 8.76. The van der Waals surface area contributed by atoms with Crippen molar-refractivity contribution in [1.82, 2.24) is 20.7 Å². The highest BCUT2D eigenvalue weighted by atomic mass is 16.6. The molecule has 0 aliphatic carbocycles. The molecule has 174 valence electrons. The number of ether oxygens (including phenoxy) is 1. The van der Waals surface area contributed by atoms with Crippen LogP contribution >= 0.6 is 0 Å². The summed E-state index contributed by atoms with van der Waals surface area (Å²) in [7, 11) is 0. The summed E-state index contributed by atoms with van der Waals surface area (Å²) in [6, 6.07) is 16.4. The lowest BCUT2D eigenvalue weighted by Crippen LogP contribution is -2.48. The third-order valence-electron chi connectivity index (χ3n) is 5.15. The molecule has 0 aliphatic rings. The Kier molecular flexibility index (Phi) is 6.58. The lowest BCUT2D eigenvalue weighted by Gasteiger charge is -2.22. The molecule has 1 unspecified atom stereocenters. The second kappa shape index (κ2) is 9.74. The number of benzene rings is 2. The van der Waals surface area contributed by atoms with Crippen LogP contribution in [0.1, 0.15) is 31.9 Å². The van der Waals surface area contributed by atoms with Crippen molar-refractivity contribution in [2.45, 2.75) is 38.8 Å². The molecule has 2 heterocycles. The standard InChI is InChI=1S/C26H27N5O3/c1-26(2,3)34-25(33)30-22(14-19-15-28-21-12-5-4-11-20(19)21)24(32)31-29-16-18-9-6-8-17-10-7-13-27-23(17)18/h4-13,15-16,22,28H,14H2,1-3H3,(H,30,33)(H,31,32)/b29-16+. The smallest absolute Gasteiger partial charge is 0.408 e. The largest absolute Gasteiger partial charge is 0.444 e. The number of carbonyl (C=O) groups excluding carboxylic acids is 2. The molecule has 0 aliphatic heterocycles. The summed E-state index contributed by atoms with van der Waals surface area (Å²) in [6.45, 7) is 5.30. The van der Waals surface area contributed by atoms with Crippen molar-refractivity contribution >= 4 is 40.0 Å². The number of hydrogen-bond acceptors (Lipinski definition) is 5. The molecule has 1 atom stereocenters. The topological polar surface area (TPSA) is 108 Å². The van der Waals surface area contributed by atoms with E-state index >= 15 is 0 Å². The fourth-order valence-corrected chi connectivity index (χ4v) is 3.65. The molecule has 34 heavy (non-hydrogen) atoms. The number of hydrogen-bond donors (Lipinski definition) is 3. The number of hydrazone groups is 1. The van der Waals surface area contributed by atoms with Gasteiger partial charge in [-0.25, -0.2) is 10.2 Å². The van der Waals surface area contributed by atoms with Crippen molar-refractivity contribution in [2.24, 2.45) is 5.10 Å². The number of amides is 2. The Morgan fingerprint density at radius 2 is 1.91 bits per heavy atom. The van der Waals surface area contributed by atoms with Crippen molar-refractivity contribution in [3.8, 4) is 0 Å². The third kappa shape index (κ3) is 5.58. The van der Waals surface area contributed by atoms with E-state index < -0.39 is 23.6 Å². The van der Waals surface area contributed by atoms with Gasteiger partial charge >= 0.3 is 6.09 Å². The Labute approximate surface area is 197 Å². The van der Waals surface area contributed by atoms with Gasteiger partial charge in [0.1, 0.15) is 11.6 Å². The molecule has 4 aromatic rings. The Morgan fingerprint density at radius 3 is 2.74 bits per heavy atom. The Hall–Kier alpha value is -4.20. The molecular weight excluding hydrogens is 430 g/mol. The third-order valence-corrected chi connectivity index (χ3v) is 5.15. The molecular formula is C26H27N5O3. The van der Waals surface area contributed by atoms with Gasteiger partial charge in [0.05, 0.1) is 11.7 Å². The number of H-pyrrole nitrogens is 1. The van der Waals surface area contributed by atoms with Crippen molar-refractivity contribution in [3.05, 3.63) is 78.1 Å². The van der Waals surface area contributed by atoms with E-state index in [0.717, 1.165) is 32.9 Å². The first-order chi connectivity index (χ1) is 16.3. The number of alkyl carbamates (subject to hydrolysis) is 1. The summed E-state index contributed by atoms with van der Waals surface area (Å²) in [6.07, 6.45) is 4.69. The first-order valence-electron chi connectivity index (χ1n) is 11.0. The van der Waals surface area contributed by atoms with Gasteiger partial charge < -0.3 is 15.0 Å². The predicted octanol–water partition coefficient (Wildman–Crippen LogP) is 4.30. The Bertz CT molecular complexity index is 1350. The zero-order valence-electron chi connectivity index (χ0n) is 19.3. The lowest BCUT2D eigenvalue weighted by molar-refractivity contribution is -0.123. The molecule has 2 aromatic heterocycles. The zero-order valence-corrected chi connectivity index (χ0v) is 19.3. The van der Waals surface area contributed by atoms with E-state index in [1.54, 1.807) is 33.2 Å². The zero-order chi connectivity index (χ0) is 24.1. The summed E-state index contributed by atoms with van der Waals surface area (Å²) < 4.78 is 5.36. The lowest BCUT2D eigenvalue weighted by atomic mass is 10.0. The number of carbonyl (C=O) groups is 2. The van der Waals surface area contributed by atoms with Gasteiger partial charge in [-0.2, -0.15) is 5.10 Å². The van der Waals surface area contributed by atoms with Crippen LogP contribution in [0.5, 0.6) is 0 Å². The number of nitrogens with one attached hydrogen (secondary N) is 3. The van der Waals surface area contributed by atoms with Crippen LogP contribution in [0, 0.1) is 0 Å². The summed E-state index contributed by atoms with van der Waals surface area (Å²) >= 11 is 0. The summed E-state index contributed by atoms with van der Waals surface area (Å²) in [4.78, 5) is 33.1. The minimum absolute atomic E-state index is 0.264. The molecule has 0 saturated heterocycles. The van der Waals surface area contributed by atoms with E-state index in [1.165, 1.54) is 0 Å². The molecule has 2 amide bonds. The van der Waals surface area contributed by atoms with Crippen LogP contribution in [0.15, 0.2) is 72.1 Å². The highest BCUT2D eigenvalue weighted by molar-refractivity contribution is 5.98.